The molecule has 1 aliphatic carbocycles. The summed E-state index contributed by atoms with van der Waals surface area (Å²) in [4.78, 5) is 25.1. The molecular formula is C11H17NO4. The van der Waals surface area contributed by atoms with Crippen LogP contribution >= 0.6 is 0 Å². The highest BCUT2D eigenvalue weighted by Gasteiger charge is 2.43. The topological polar surface area (TPSA) is 55.8 Å². The van der Waals surface area contributed by atoms with E-state index in [2.05, 4.69) is 0 Å². The van der Waals surface area contributed by atoms with Crippen LogP contribution in [0.25, 0.3) is 0 Å². The number of carbonyl (C=O) groups is 2. The van der Waals surface area contributed by atoms with Gasteiger partial charge in [0.05, 0.1) is 13.2 Å². The lowest BCUT2D eigenvalue weighted by atomic mass is 10.1. The lowest BCUT2D eigenvalue weighted by molar-refractivity contribution is -0.161. The summed E-state index contributed by atoms with van der Waals surface area (Å²) in [5.74, 6) is -0.0717. The van der Waals surface area contributed by atoms with Crippen molar-refractivity contribution in [3.05, 3.63) is 0 Å². The molecule has 1 saturated heterocycles. The predicted molar refractivity (Wildman–Crippen MR) is 55.7 cm³/mol. The molecule has 2 aliphatic rings. The minimum absolute atomic E-state index is 0.0859. The largest absolute Gasteiger partial charge is 0.464 e. The molecule has 1 amide bonds. The highest BCUT2D eigenvalue weighted by atomic mass is 16.5. The number of rotatable bonds is 4. The Morgan fingerprint density at radius 1 is 1.62 bits per heavy atom. The molecule has 0 spiro atoms. The molecule has 5 nitrogen and oxygen atoms in total. The second-order valence-electron chi connectivity index (χ2n) is 4.17. The Labute approximate surface area is 94.7 Å². The molecule has 16 heavy (non-hydrogen) atoms. The number of hydrogen-bond donors (Lipinski definition) is 0. The van der Waals surface area contributed by atoms with Crippen LogP contribution in [0.5, 0.6) is 0 Å². The van der Waals surface area contributed by atoms with Crippen molar-refractivity contribution < 1.29 is 19.1 Å². The number of ether oxygens (including phenoxy) is 2. The number of carbonyl (C=O) groups excluding carboxylic acids is 2. The van der Waals surface area contributed by atoms with Crippen LogP contribution < -0.4 is 0 Å². The first kappa shape index (κ1) is 11.4. The molecule has 2 rings (SSSR count). The average molecular weight is 227 g/mol. The maximum atomic E-state index is 11.8. The summed E-state index contributed by atoms with van der Waals surface area (Å²) in [5.41, 5.74) is 0. The van der Waals surface area contributed by atoms with Crippen molar-refractivity contribution in [1.82, 2.24) is 4.90 Å². The van der Waals surface area contributed by atoms with E-state index in [1.165, 1.54) is 0 Å². The van der Waals surface area contributed by atoms with E-state index in [4.69, 9.17) is 9.47 Å². The summed E-state index contributed by atoms with van der Waals surface area (Å²) in [6.45, 7) is 3.24. The van der Waals surface area contributed by atoms with Gasteiger partial charge in [0.2, 0.25) is 5.91 Å². The van der Waals surface area contributed by atoms with Gasteiger partial charge in [-0.25, -0.2) is 4.79 Å². The van der Waals surface area contributed by atoms with E-state index in [1.807, 2.05) is 0 Å². The molecule has 1 atom stereocenters. The average Bonchev–Trinajstić information content (AvgIpc) is 3.06. The molecule has 2 fully saturated rings. The minimum atomic E-state index is -0.378. The number of nitrogens with zero attached hydrogens (tertiary/aromatic N) is 1. The van der Waals surface area contributed by atoms with Crippen LogP contribution in [-0.2, 0) is 19.1 Å². The van der Waals surface area contributed by atoms with E-state index in [0.717, 1.165) is 12.8 Å². The molecule has 0 aromatic rings. The smallest absolute Gasteiger partial charge is 0.329 e. The molecule has 0 N–H and O–H groups in total. The third kappa shape index (κ3) is 2.35. The lowest BCUT2D eigenvalue weighted by Gasteiger charge is -2.33. The van der Waals surface area contributed by atoms with E-state index in [0.29, 0.717) is 25.7 Å². The zero-order chi connectivity index (χ0) is 11.5. The first-order chi connectivity index (χ1) is 7.74. The van der Waals surface area contributed by atoms with Crippen LogP contribution in [0, 0.1) is 5.92 Å². The third-order valence-corrected chi connectivity index (χ3v) is 2.95. The second kappa shape index (κ2) is 4.82. The van der Waals surface area contributed by atoms with Crippen LogP contribution in [-0.4, -0.2) is 49.2 Å². The predicted octanol–water partition coefficient (Wildman–Crippen LogP) is 0.187. The lowest BCUT2D eigenvalue weighted by Crippen LogP contribution is -2.52. The Bertz CT molecular complexity index is 288. The van der Waals surface area contributed by atoms with E-state index >= 15 is 0 Å². The maximum absolute atomic E-state index is 11.8. The summed E-state index contributed by atoms with van der Waals surface area (Å²) >= 11 is 0. The Morgan fingerprint density at radius 2 is 2.38 bits per heavy atom. The van der Waals surface area contributed by atoms with Gasteiger partial charge in [0, 0.05) is 6.54 Å². The molecule has 1 saturated carbocycles. The van der Waals surface area contributed by atoms with Gasteiger partial charge in [-0.15, -0.1) is 0 Å². The van der Waals surface area contributed by atoms with Gasteiger partial charge in [-0.1, -0.05) is 0 Å². The Kier molecular flexibility index (Phi) is 3.43. The minimum Gasteiger partial charge on any atom is -0.464 e. The fourth-order valence-corrected chi connectivity index (χ4v) is 2.04. The molecule has 90 valence electrons. The van der Waals surface area contributed by atoms with Crippen molar-refractivity contribution in [1.29, 1.82) is 0 Å². The molecule has 0 aromatic heterocycles. The number of hydrogen-bond acceptors (Lipinski definition) is 4. The van der Waals surface area contributed by atoms with Crippen LogP contribution in [0.15, 0.2) is 0 Å². The maximum Gasteiger partial charge on any atom is 0.329 e. The molecule has 0 radical (unpaired) electrons. The molecule has 5 heteroatoms. The van der Waals surface area contributed by atoms with Gasteiger partial charge in [-0.2, -0.15) is 0 Å². The Balaban J connectivity index is 2.05. The van der Waals surface area contributed by atoms with Gasteiger partial charge in [0.15, 0.2) is 0 Å². The normalized spacial score (nSPS) is 23.1. The van der Waals surface area contributed by atoms with E-state index in [-0.39, 0.29) is 24.5 Å². The highest BCUT2D eigenvalue weighted by molar-refractivity contribution is 5.86. The highest BCUT2D eigenvalue weighted by Crippen LogP contribution is 2.36. The molecule has 1 heterocycles. The monoisotopic (exact) mass is 227 g/mol. The zero-order valence-electron chi connectivity index (χ0n) is 9.48. The van der Waals surface area contributed by atoms with E-state index < -0.39 is 0 Å². The fraction of sp³-hybridized carbons (Fsp3) is 0.818. The van der Waals surface area contributed by atoms with Crippen LogP contribution in [0.4, 0.5) is 0 Å². The summed E-state index contributed by atoms with van der Waals surface area (Å²) in [6.07, 6.45) is 2.02. The van der Waals surface area contributed by atoms with E-state index in [1.54, 1.807) is 11.8 Å². The van der Waals surface area contributed by atoms with Crippen molar-refractivity contribution in [2.24, 2.45) is 5.92 Å². The molecule has 1 aliphatic heterocycles. The van der Waals surface area contributed by atoms with Crippen molar-refractivity contribution in [3.63, 3.8) is 0 Å². The van der Waals surface area contributed by atoms with Gasteiger partial charge in [0.1, 0.15) is 12.6 Å². The number of esters is 1. The fourth-order valence-electron chi connectivity index (χ4n) is 2.04. The van der Waals surface area contributed by atoms with Crippen molar-refractivity contribution in [2.75, 3.05) is 26.4 Å². The first-order valence-corrected chi connectivity index (χ1v) is 5.78. The molecule has 0 bridgehead atoms. The van der Waals surface area contributed by atoms with Crippen LogP contribution in [0.1, 0.15) is 19.8 Å². The van der Waals surface area contributed by atoms with Gasteiger partial charge in [-0.3, -0.25) is 4.79 Å². The van der Waals surface area contributed by atoms with Gasteiger partial charge in [0.25, 0.3) is 0 Å². The second-order valence-corrected chi connectivity index (χ2v) is 4.17. The Morgan fingerprint density at radius 3 is 2.94 bits per heavy atom. The third-order valence-electron chi connectivity index (χ3n) is 2.95. The SMILES string of the molecule is CCOC(=O)C(C1CC1)N1CCOCC1=O. The van der Waals surface area contributed by atoms with Gasteiger partial charge >= 0.3 is 5.97 Å². The van der Waals surface area contributed by atoms with E-state index in [9.17, 15) is 9.59 Å². The van der Waals surface area contributed by atoms with Crippen molar-refractivity contribution in [3.8, 4) is 0 Å². The standard InChI is InChI=1S/C11H17NO4/c1-2-16-11(14)10(8-3-4-8)12-5-6-15-7-9(12)13/h8,10H,2-7H2,1H3. The molecule has 0 aromatic carbocycles. The Hall–Kier alpha value is -1.10. The zero-order valence-corrected chi connectivity index (χ0v) is 9.48. The summed E-state index contributed by atoms with van der Waals surface area (Å²) in [6, 6.07) is -0.378. The van der Waals surface area contributed by atoms with Gasteiger partial charge in [-0.05, 0) is 25.7 Å². The molecule has 1 unspecified atom stereocenters. The van der Waals surface area contributed by atoms with Crippen molar-refractivity contribution >= 4 is 11.9 Å². The number of amides is 1. The quantitative estimate of drug-likeness (QED) is 0.643. The van der Waals surface area contributed by atoms with Crippen LogP contribution in [0.3, 0.4) is 0 Å². The van der Waals surface area contributed by atoms with Gasteiger partial charge < -0.3 is 14.4 Å². The summed E-state index contributed by atoms with van der Waals surface area (Å²) < 4.78 is 10.1. The summed E-state index contributed by atoms with van der Waals surface area (Å²) in [5, 5.41) is 0. The number of morpholine rings is 1. The first-order valence-electron chi connectivity index (χ1n) is 5.78. The van der Waals surface area contributed by atoms with Crippen LogP contribution in [0.2, 0.25) is 0 Å². The molecular weight excluding hydrogens is 210 g/mol. The summed E-state index contributed by atoms with van der Waals surface area (Å²) in [7, 11) is 0. The van der Waals surface area contributed by atoms with Crippen molar-refractivity contribution in [2.45, 2.75) is 25.8 Å².